The summed E-state index contributed by atoms with van der Waals surface area (Å²) in [4.78, 5) is 7.12. The maximum atomic E-state index is 6.31. The smallest absolute Gasteiger partial charge is 0.227 e. The number of nitrogens with zero attached hydrogens (tertiary/aromatic N) is 2. The first-order chi connectivity index (χ1) is 26.2. The van der Waals surface area contributed by atoms with Crippen LogP contribution in [0.25, 0.3) is 67.1 Å². The van der Waals surface area contributed by atoms with E-state index < -0.39 is 0 Å². The minimum Gasteiger partial charge on any atom is -0.436 e. The molecule has 1 heterocycles. The highest BCUT2D eigenvalue weighted by molar-refractivity contribution is 5.92. The predicted octanol–water partition coefficient (Wildman–Crippen LogP) is 13.9. The standard InChI is InChI=1S/C50H36N2O/c1-35-13-12-14-39(33-35)40-29-32-48-49(34-40)53-50(51-48)38-25-23-36(24-26-38)44-19-8-10-21-46(44)47-22-11-9-20-45(47)37-27-30-43(31-28-37)52(41-15-4-2-5-16-41)42-17-6-3-7-18-42/h2-34H,1H3. The van der Waals surface area contributed by atoms with Gasteiger partial charge in [-0.2, -0.15) is 0 Å². The topological polar surface area (TPSA) is 29.3 Å². The van der Waals surface area contributed by atoms with Gasteiger partial charge in [-0.25, -0.2) is 4.98 Å². The number of benzene rings is 8. The first-order valence-corrected chi connectivity index (χ1v) is 18.0. The number of aromatic nitrogens is 1. The summed E-state index contributed by atoms with van der Waals surface area (Å²) < 4.78 is 6.31. The zero-order chi connectivity index (χ0) is 35.6. The largest absolute Gasteiger partial charge is 0.436 e. The molecule has 0 aliphatic heterocycles. The molecule has 3 heteroatoms. The van der Waals surface area contributed by atoms with Crippen LogP contribution in [0.3, 0.4) is 0 Å². The molecular weight excluding hydrogens is 645 g/mol. The van der Waals surface area contributed by atoms with Crippen molar-refractivity contribution in [3.8, 4) is 56.0 Å². The second-order valence-corrected chi connectivity index (χ2v) is 13.3. The number of fused-ring (bicyclic) bond motifs is 1. The van der Waals surface area contributed by atoms with Crippen molar-refractivity contribution in [2.24, 2.45) is 0 Å². The lowest BCUT2D eigenvalue weighted by Crippen LogP contribution is -2.09. The molecule has 0 aliphatic carbocycles. The fourth-order valence-corrected chi connectivity index (χ4v) is 7.18. The lowest BCUT2D eigenvalue weighted by atomic mass is 9.89. The van der Waals surface area contributed by atoms with Crippen LogP contribution in [0, 0.1) is 6.92 Å². The molecule has 1 aromatic heterocycles. The average Bonchev–Trinajstić information content (AvgIpc) is 3.66. The van der Waals surface area contributed by atoms with E-state index in [2.05, 4.69) is 206 Å². The number of aryl methyl sites for hydroxylation is 1. The predicted molar refractivity (Wildman–Crippen MR) is 221 cm³/mol. The van der Waals surface area contributed by atoms with E-state index in [9.17, 15) is 0 Å². The Morgan fingerprint density at radius 3 is 1.43 bits per heavy atom. The Kier molecular flexibility index (Phi) is 8.43. The lowest BCUT2D eigenvalue weighted by Gasteiger charge is -2.25. The van der Waals surface area contributed by atoms with Gasteiger partial charge in [-0.15, -0.1) is 0 Å². The van der Waals surface area contributed by atoms with E-state index in [1.807, 2.05) is 6.07 Å². The first-order valence-electron chi connectivity index (χ1n) is 18.0. The Morgan fingerprint density at radius 2 is 0.849 bits per heavy atom. The highest BCUT2D eigenvalue weighted by Gasteiger charge is 2.16. The third-order valence-electron chi connectivity index (χ3n) is 9.79. The molecule has 9 aromatic rings. The van der Waals surface area contributed by atoms with Gasteiger partial charge in [0.15, 0.2) is 5.58 Å². The molecule has 252 valence electrons. The minimum absolute atomic E-state index is 0.619. The van der Waals surface area contributed by atoms with Gasteiger partial charge in [0.1, 0.15) is 5.52 Å². The average molecular weight is 681 g/mol. The normalized spacial score (nSPS) is 11.1. The molecule has 0 aliphatic rings. The molecule has 0 fully saturated rings. The van der Waals surface area contributed by atoms with Gasteiger partial charge in [0.25, 0.3) is 0 Å². The number of rotatable bonds is 8. The van der Waals surface area contributed by atoms with E-state index >= 15 is 0 Å². The zero-order valence-corrected chi connectivity index (χ0v) is 29.4. The molecule has 0 saturated carbocycles. The van der Waals surface area contributed by atoms with Gasteiger partial charge in [-0.1, -0.05) is 145 Å². The number of para-hydroxylation sites is 2. The van der Waals surface area contributed by atoms with Crippen LogP contribution >= 0.6 is 0 Å². The molecule has 0 amide bonds. The third-order valence-corrected chi connectivity index (χ3v) is 9.79. The van der Waals surface area contributed by atoms with Crippen LogP contribution in [0.5, 0.6) is 0 Å². The summed E-state index contributed by atoms with van der Waals surface area (Å²) in [6, 6.07) is 70.5. The van der Waals surface area contributed by atoms with Gasteiger partial charge in [0.2, 0.25) is 5.89 Å². The Hall–Kier alpha value is -6.97. The first kappa shape index (κ1) is 32.0. The van der Waals surface area contributed by atoms with E-state index in [-0.39, 0.29) is 0 Å². The van der Waals surface area contributed by atoms with E-state index in [1.54, 1.807) is 0 Å². The number of anilines is 3. The van der Waals surface area contributed by atoms with Gasteiger partial charge in [0.05, 0.1) is 0 Å². The summed E-state index contributed by atoms with van der Waals surface area (Å²) in [5.74, 6) is 0.619. The Balaban J connectivity index is 1.02. The summed E-state index contributed by atoms with van der Waals surface area (Å²) >= 11 is 0. The summed E-state index contributed by atoms with van der Waals surface area (Å²) in [5, 5.41) is 0. The van der Waals surface area contributed by atoms with Crippen LogP contribution in [0.4, 0.5) is 17.1 Å². The molecule has 8 aromatic carbocycles. The van der Waals surface area contributed by atoms with Crippen LogP contribution < -0.4 is 4.90 Å². The van der Waals surface area contributed by atoms with Gasteiger partial charge >= 0.3 is 0 Å². The Bertz CT molecular complexity index is 2620. The molecule has 3 nitrogen and oxygen atoms in total. The van der Waals surface area contributed by atoms with Crippen LogP contribution in [0.15, 0.2) is 205 Å². The summed E-state index contributed by atoms with van der Waals surface area (Å²) in [7, 11) is 0. The highest BCUT2D eigenvalue weighted by Crippen LogP contribution is 2.41. The molecule has 0 bridgehead atoms. The number of oxazole rings is 1. The van der Waals surface area contributed by atoms with Gasteiger partial charge < -0.3 is 9.32 Å². The van der Waals surface area contributed by atoms with Crippen LogP contribution in [-0.4, -0.2) is 4.98 Å². The fraction of sp³-hybridized carbons (Fsp3) is 0.0200. The quantitative estimate of drug-likeness (QED) is 0.160. The molecule has 0 saturated heterocycles. The third kappa shape index (κ3) is 6.41. The zero-order valence-electron chi connectivity index (χ0n) is 29.4. The lowest BCUT2D eigenvalue weighted by molar-refractivity contribution is 0.620. The summed E-state index contributed by atoms with van der Waals surface area (Å²) in [6.07, 6.45) is 0. The van der Waals surface area contributed by atoms with Crippen molar-refractivity contribution in [1.29, 1.82) is 0 Å². The second kappa shape index (κ2) is 14.0. The van der Waals surface area contributed by atoms with Crippen molar-refractivity contribution in [1.82, 2.24) is 4.98 Å². The van der Waals surface area contributed by atoms with E-state index in [0.717, 1.165) is 50.4 Å². The fourth-order valence-electron chi connectivity index (χ4n) is 7.18. The molecule has 0 radical (unpaired) electrons. The van der Waals surface area contributed by atoms with Gasteiger partial charge in [0, 0.05) is 22.6 Å². The maximum absolute atomic E-state index is 6.31. The van der Waals surface area contributed by atoms with Crippen molar-refractivity contribution < 1.29 is 4.42 Å². The van der Waals surface area contributed by atoms with Crippen molar-refractivity contribution in [2.45, 2.75) is 6.92 Å². The van der Waals surface area contributed by atoms with Gasteiger partial charge in [-0.05, 0) is 112 Å². The Morgan fingerprint density at radius 1 is 0.377 bits per heavy atom. The van der Waals surface area contributed by atoms with Crippen molar-refractivity contribution in [3.05, 3.63) is 206 Å². The molecule has 0 atom stereocenters. The molecule has 0 N–H and O–H groups in total. The second-order valence-electron chi connectivity index (χ2n) is 13.3. The summed E-state index contributed by atoms with van der Waals surface area (Å²) in [5.41, 5.74) is 16.5. The van der Waals surface area contributed by atoms with Crippen molar-refractivity contribution >= 4 is 28.2 Å². The summed E-state index contributed by atoms with van der Waals surface area (Å²) in [6.45, 7) is 2.11. The minimum atomic E-state index is 0.619. The maximum Gasteiger partial charge on any atom is 0.227 e. The molecule has 53 heavy (non-hydrogen) atoms. The van der Waals surface area contributed by atoms with Crippen molar-refractivity contribution in [3.63, 3.8) is 0 Å². The van der Waals surface area contributed by atoms with Crippen LogP contribution in [0.1, 0.15) is 5.56 Å². The van der Waals surface area contributed by atoms with E-state index in [0.29, 0.717) is 5.89 Å². The molecular formula is C50H36N2O. The number of hydrogen-bond acceptors (Lipinski definition) is 3. The van der Waals surface area contributed by atoms with Crippen LogP contribution in [-0.2, 0) is 0 Å². The number of hydrogen-bond donors (Lipinski definition) is 0. The van der Waals surface area contributed by atoms with Crippen LogP contribution in [0.2, 0.25) is 0 Å². The van der Waals surface area contributed by atoms with E-state index in [4.69, 9.17) is 9.40 Å². The van der Waals surface area contributed by atoms with E-state index in [1.165, 1.54) is 33.4 Å². The van der Waals surface area contributed by atoms with Crippen molar-refractivity contribution in [2.75, 3.05) is 4.90 Å². The van der Waals surface area contributed by atoms with Gasteiger partial charge in [-0.3, -0.25) is 0 Å². The highest BCUT2D eigenvalue weighted by atomic mass is 16.3. The molecule has 0 unspecified atom stereocenters. The molecule has 9 rings (SSSR count). The monoisotopic (exact) mass is 680 g/mol. The Labute approximate surface area is 310 Å². The molecule has 0 spiro atoms. The SMILES string of the molecule is Cc1cccc(-c2ccc3nc(-c4ccc(-c5ccccc5-c5ccccc5-c5ccc(N(c6ccccc6)c6ccccc6)cc5)cc4)oc3c2)c1.